The van der Waals surface area contributed by atoms with Gasteiger partial charge < -0.3 is 10.2 Å². The largest absolute Gasteiger partial charge is 0.459 e. The summed E-state index contributed by atoms with van der Waals surface area (Å²) in [6, 6.07) is 14.1. The molecule has 1 unspecified atom stereocenters. The van der Waals surface area contributed by atoms with E-state index in [9.17, 15) is 0 Å². The fourth-order valence-electron chi connectivity index (χ4n) is 2.49. The van der Waals surface area contributed by atoms with E-state index in [0.29, 0.717) is 0 Å². The average Bonchev–Trinajstić information content (AvgIpc) is 2.82. The third-order valence-corrected chi connectivity index (χ3v) is 3.95. The van der Waals surface area contributed by atoms with Crippen LogP contribution in [0.15, 0.2) is 51.4 Å². The SMILES string of the molecule is Cc1cc(Br)cc(C(N)c2cc3cccc(C)c3o2)c1. The van der Waals surface area contributed by atoms with Gasteiger partial charge in [0.15, 0.2) is 0 Å². The topological polar surface area (TPSA) is 39.2 Å². The molecule has 20 heavy (non-hydrogen) atoms. The molecule has 3 aromatic rings. The number of rotatable bonds is 2. The highest BCUT2D eigenvalue weighted by molar-refractivity contribution is 9.10. The Morgan fingerprint density at radius 1 is 1.10 bits per heavy atom. The monoisotopic (exact) mass is 329 g/mol. The van der Waals surface area contributed by atoms with Crippen molar-refractivity contribution in [3.05, 3.63) is 69.4 Å². The van der Waals surface area contributed by atoms with E-state index in [4.69, 9.17) is 10.2 Å². The summed E-state index contributed by atoms with van der Waals surface area (Å²) in [6.07, 6.45) is 0. The van der Waals surface area contributed by atoms with Crippen molar-refractivity contribution in [3.63, 3.8) is 0 Å². The standard InChI is InChI=1S/C17H16BrNO/c1-10-6-13(8-14(18)7-10)16(19)15-9-12-5-3-4-11(2)17(12)20-15/h3-9,16H,19H2,1-2H3. The van der Waals surface area contributed by atoms with Crippen LogP contribution in [0.3, 0.4) is 0 Å². The normalized spacial score (nSPS) is 12.8. The highest BCUT2D eigenvalue weighted by Crippen LogP contribution is 2.30. The molecule has 2 nitrogen and oxygen atoms in total. The summed E-state index contributed by atoms with van der Waals surface area (Å²) in [5.74, 6) is 0.798. The maximum absolute atomic E-state index is 6.35. The second-order valence-electron chi connectivity index (χ2n) is 5.18. The molecule has 0 saturated carbocycles. The van der Waals surface area contributed by atoms with E-state index < -0.39 is 0 Å². The lowest BCUT2D eigenvalue weighted by Gasteiger charge is -2.10. The molecule has 0 aliphatic heterocycles. The molecular weight excluding hydrogens is 314 g/mol. The first-order valence-electron chi connectivity index (χ1n) is 6.56. The van der Waals surface area contributed by atoms with Crippen LogP contribution in [0.25, 0.3) is 11.0 Å². The number of aryl methyl sites for hydroxylation is 2. The predicted molar refractivity (Wildman–Crippen MR) is 85.9 cm³/mol. The Labute approximate surface area is 126 Å². The lowest BCUT2D eigenvalue weighted by molar-refractivity contribution is 0.523. The number of para-hydroxylation sites is 1. The number of hydrogen-bond acceptors (Lipinski definition) is 2. The Morgan fingerprint density at radius 3 is 2.60 bits per heavy atom. The van der Waals surface area contributed by atoms with E-state index in [2.05, 4.69) is 35.0 Å². The highest BCUT2D eigenvalue weighted by atomic mass is 79.9. The van der Waals surface area contributed by atoms with Gasteiger partial charge in [-0.3, -0.25) is 0 Å². The summed E-state index contributed by atoms with van der Waals surface area (Å²) in [4.78, 5) is 0. The second kappa shape index (κ2) is 5.08. The molecule has 0 radical (unpaired) electrons. The predicted octanol–water partition coefficient (Wildman–Crippen LogP) is 4.86. The fraction of sp³-hybridized carbons (Fsp3) is 0.176. The molecule has 0 bridgehead atoms. The van der Waals surface area contributed by atoms with Gasteiger partial charge in [-0.25, -0.2) is 0 Å². The van der Waals surface area contributed by atoms with Crippen molar-refractivity contribution < 1.29 is 4.42 Å². The molecule has 1 aromatic heterocycles. The molecule has 1 atom stereocenters. The minimum atomic E-state index is -0.252. The van der Waals surface area contributed by atoms with Crippen LogP contribution in [-0.2, 0) is 0 Å². The van der Waals surface area contributed by atoms with E-state index in [0.717, 1.165) is 32.3 Å². The van der Waals surface area contributed by atoms with Gasteiger partial charge in [-0.1, -0.05) is 40.2 Å². The number of nitrogens with two attached hydrogens (primary N) is 1. The zero-order chi connectivity index (χ0) is 14.3. The van der Waals surface area contributed by atoms with Crippen molar-refractivity contribution in [2.24, 2.45) is 5.73 Å². The molecule has 2 aromatic carbocycles. The Bertz CT molecular complexity index is 756. The Kier molecular flexibility index (Phi) is 3.40. The van der Waals surface area contributed by atoms with E-state index in [1.807, 2.05) is 37.3 Å². The van der Waals surface area contributed by atoms with E-state index in [1.165, 1.54) is 5.56 Å². The number of fused-ring (bicyclic) bond motifs is 1. The van der Waals surface area contributed by atoms with Crippen molar-refractivity contribution >= 4 is 26.9 Å². The summed E-state index contributed by atoms with van der Waals surface area (Å²) < 4.78 is 6.99. The van der Waals surface area contributed by atoms with Crippen LogP contribution in [0.2, 0.25) is 0 Å². The summed E-state index contributed by atoms with van der Waals surface area (Å²) >= 11 is 3.51. The fourth-order valence-corrected chi connectivity index (χ4v) is 3.12. The van der Waals surface area contributed by atoms with E-state index in [1.54, 1.807) is 0 Å². The van der Waals surface area contributed by atoms with Gasteiger partial charge >= 0.3 is 0 Å². The molecule has 0 amide bonds. The van der Waals surface area contributed by atoms with Crippen LogP contribution >= 0.6 is 15.9 Å². The first kappa shape index (κ1) is 13.4. The van der Waals surface area contributed by atoms with E-state index >= 15 is 0 Å². The first-order chi connectivity index (χ1) is 9.54. The molecule has 0 spiro atoms. The summed E-state index contributed by atoms with van der Waals surface area (Å²) in [5.41, 5.74) is 10.6. The molecule has 1 heterocycles. The van der Waals surface area contributed by atoms with Gasteiger partial charge in [0, 0.05) is 9.86 Å². The van der Waals surface area contributed by atoms with Crippen molar-refractivity contribution in [1.29, 1.82) is 0 Å². The van der Waals surface area contributed by atoms with Gasteiger partial charge in [0.1, 0.15) is 11.3 Å². The molecule has 0 aliphatic carbocycles. The summed E-state index contributed by atoms with van der Waals surface area (Å²) in [5, 5.41) is 1.10. The minimum Gasteiger partial charge on any atom is -0.459 e. The molecule has 3 rings (SSSR count). The summed E-state index contributed by atoms with van der Waals surface area (Å²) in [7, 11) is 0. The molecular formula is C17H16BrNO. The number of furan rings is 1. The van der Waals surface area contributed by atoms with Crippen LogP contribution in [0.5, 0.6) is 0 Å². The molecule has 102 valence electrons. The van der Waals surface area contributed by atoms with Crippen LogP contribution in [0, 0.1) is 13.8 Å². The van der Waals surface area contributed by atoms with Crippen molar-refractivity contribution in [3.8, 4) is 0 Å². The molecule has 0 aliphatic rings. The quantitative estimate of drug-likeness (QED) is 0.729. The Hall–Kier alpha value is -1.58. The van der Waals surface area contributed by atoms with Crippen molar-refractivity contribution in [1.82, 2.24) is 0 Å². The van der Waals surface area contributed by atoms with Gasteiger partial charge in [-0.05, 0) is 48.7 Å². The average molecular weight is 330 g/mol. The van der Waals surface area contributed by atoms with Crippen LogP contribution in [-0.4, -0.2) is 0 Å². The first-order valence-corrected chi connectivity index (χ1v) is 7.35. The van der Waals surface area contributed by atoms with Crippen molar-refractivity contribution in [2.45, 2.75) is 19.9 Å². The number of hydrogen-bond donors (Lipinski definition) is 1. The lowest BCUT2D eigenvalue weighted by atomic mass is 10.0. The third-order valence-electron chi connectivity index (χ3n) is 3.49. The zero-order valence-corrected chi connectivity index (χ0v) is 13.1. The van der Waals surface area contributed by atoms with Gasteiger partial charge in [0.2, 0.25) is 0 Å². The van der Waals surface area contributed by atoms with Gasteiger partial charge in [0.05, 0.1) is 6.04 Å². The molecule has 2 N–H and O–H groups in total. The Morgan fingerprint density at radius 2 is 1.90 bits per heavy atom. The van der Waals surface area contributed by atoms with Gasteiger partial charge in [-0.2, -0.15) is 0 Å². The highest BCUT2D eigenvalue weighted by Gasteiger charge is 2.15. The molecule has 0 fully saturated rings. The maximum Gasteiger partial charge on any atom is 0.137 e. The van der Waals surface area contributed by atoms with E-state index in [-0.39, 0.29) is 6.04 Å². The lowest BCUT2D eigenvalue weighted by Crippen LogP contribution is -2.11. The molecule has 3 heteroatoms. The van der Waals surface area contributed by atoms with Crippen molar-refractivity contribution in [2.75, 3.05) is 0 Å². The summed E-state index contributed by atoms with van der Waals surface area (Å²) in [6.45, 7) is 4.11. The van der Waals surface area contributed by atoms with Crippen LogP contribution < -0.4 is 5.73 Å². The minimum absolute atomic E-state index is 0.252. The molecule has 0 saturated heterocycles. The third kappa shape index (κ3) is 2.39. The zero-order valence-electron chi connectivity index (χ0n) is 11.5. The van der Waals surface area contributed by atoms with Gasteiger partial charge in [0.25, 0.3) is 0 Å². The van der Waals surface area contributed by atoms with Crippen LogP contribution in [0.1, 0.15) is 28.5 Å². The van der Waals surface area contributed by atoms with Crippen LogP contribution in [0.4, 0.5) is 0 Å². The second-order valence-corrected chi connectivity index (χ2v) is 6.10. The number of benzene rings is 2. The number of halogens is 1. The Balaban J connectivity index is 2.07. The van der Waals surface area contributed by atoms with Gasteiger partial charge in [-0.15, -0.1) is 0 Å². The smallest absolute Gasteiger partial charge is 0.137 e. The maximum atomic E-state index is 6.35.